The second kappa shape index (κ2) is 4.56. The van der Waals surface area contributed by atoms with E-state index >= 15 is 0 Å². The molecule has 1 heterocycles. The molecule has 0 unspecified atom stereocenters. The van der Waals surface area contributed by atoms with Crippen molar-refractivity contribution in [2.24, 2.45) is 0 Å². The zero-order chi connectivity index (χ0) is 12.6. The minimum Gasteiger partial charge on any atom is -0.354 e. The molecule has 4 heteroatoms. The van der Waals surface area contributed by atoms with Crippen LogP contribution >= 0.6 is 15.9 Å². The highest BCUT2D eigenvalue weighted by Gasteiger charge is 2.30. The summed E-state index contributed by atoms with van der Waals surface area (Å²) in [6, 6.07) is 2.71. The third-order valence-corrected chi connectivity index (χ3v) is 3.38. The largest absolute Gasteiger partial charge is 0.354 e. The van der Waals surface area contributed by atoms with Crippen molar-refractivity contribution in [3.8, 4) is 0 Å². The maximum absolute atomic E-state index is 4.72. The Kier molecular flexibility index (Phi) is 3.43. The molecule has 0 atom stereocenters. The Labute approximate surface area is 112 Å². The molecule has 1 aliphatic rings. The van der Waals surface area contributed by atoms with E-state index < -0.39 is 0 Å². The predicted molar refractivity (Wildman–Crippen MR) is 74.5 cm³/mol. The standard InChI is InChI=1S/C13H20BrN3/c1-5-17(9-6-7-9)11-8-10(14)15-12(16-11)13(2,3)4/h8-9H,5-7H2,1-4H3. The molecule has 1 fully saturated rings. The first-order chi connectivity index (χ1) is 7.91. The summed E-state index contributed by atoms with van der Waals surface area (Å²) in [6.07, 6.45) is 2.58. The normalized spacial score (nSPS) is 16.1. The maximum atomic E-state index is 4.72. The fraction of sp³-hybridized carbons (Fsp3) is 0.692. The van der Waals surface area contributed by atoms with Gasteiger partial charge >= 0.3 is 0 Å². The van der Waals surface area contributed by atoms with Crippen LogP contribution in [0.4, 0.5) is 5.82 Å². The number of aromatic nitrogens is 2. The number of rotatable bonds is 3. The van der Waals surface area contributed by atoms with Gasteiger partial charge in [-0.1, -0.05) is 20.8 Å². The van der Waals surface area contributed by atoms with E-state index in [4.69, 9.17) is 4.98 Å². The van der Waals surface area contributed by atoms with Crippen molar-refractivity contribution in [2.45, 2.75) is 52.0 Å². The van der Waals surface area contributed by atoms with Gasteiger partial charge in [-0.2, -0.15) is 0 Å². The van der Waals surface area contributed by atoms with Crippen LogP contribution in [0.5, 0.6) is 0 Å². The second-order valence-corrected chi connectivity index (χ2v) is 6.45. The Morgan fingerprint density at radius 1 is 1.35 bits per heavy atom. The average molecular weight is 298 g/mol. The van der Waals surface area contributed by atoms with Crippen LogP contribution in [-0.4, -0.2) is 22.6 Å². The molecule has 0 radical (unpaired) electrons. The van der Waals surface area contributed by atoms with E-state index in [-0.39, 0.29) is 5.41 Å². The van der Waals surface area contributed by atoms with E-state index in [1.54, 1.807) is 0 Å². The Morgan fingerprint density at radius 2 is 2.00 bits per heavy atom. The van der Waals surface area contributed by atoms with Crippen molar-refractivity contribution < 1.29 is 0 Å². The number of hydrogen-bond donors (Lipinski definition) is 0. The summed E-state index contributed by atoms with van der Waals surface area (Å²) in [6.45, 7) is 9.63. The van der Waals surface area contributed by atoms with Gasteiger partial charge in [-0.15, -0.1) is 0 Å². The lowest BCUT2D eigenvalue weighted by molar-refractivity contribution is 0.542. The van der Waals surface area contributed by atoms with Gasteiger partial charge in [0.1, 0.15) is 16.2 Å². The van der Waals surface area contributed by atoms with Gasteiger partial charge in [0.2, 0.25) is 0 Å². The maximum Gasteiger partial charge on any atom is 0.137 e. The van der Waals surface area contributed by atoms with E-state index in [2.05, 4.69) is 53.5 Å². The number of halogens is 1. The molecule has 0 saturated heterocycles. The average Bonchev–Trinajstić information content (AvgIpc) is 3.01. The first-order valence-corrected chi connectivity index (χ1v) is 7.03. The van der Waals surface area contributed by atoms with Gasteiger partial charge in [0.05, 0.1) is 0 Å². The van der Waals surface area contributed by atoms with Crippen LogP contribution in [-0.2, 0) is 5.41 Å². The highest BCUT2D eigenvalue weighted by Crippen LogP contribution is 2.32. The van der Waals surface area contributed by atoms with E-state index in [0.29, 0.717) is 6.04 Å². The van der Waals surface area contributed by atoms with Crippen LogP contribution in [0.3, 0.4) is 0 Å². The lowest BCUT2D eigenvalue weighted by atomic mass is 9.96. The lowest BCUT2D eigenvalue weighted by Gasteiger charge is -2.24. The fourth-order valence-electron chi connectivity index (χ4n) is 1.88. The summed E-state index contributed by atoms with van der Waals surface area (Å²) in [7, 11) is 0. The van der Waals surface area contributed by atoms with Crippen LogP contribution in [0.15, 0.2) is 10.7 Å². The first kappa shape index (κ1) is 12.8. The zero-order valence-electron chi connectivity index (χ0n) is 11.0. The molecule has 2 rings (SSSR count). The molecule has 3 nitrogen and oxygen atoms in total. The van der Waals surface area contributed by atoms with Gasteiger partial charge in [0.15, 0.2) is 0 Å². The molecule has 0 bridgehead atoms. The molecule has 1 aliphatic carbocycles. The van der Waals surface area contributed by atoms with Gasteiger partial charge in [-0.05, 0) is 35.7 Å². The SMILES string of the molecule is CCN(c1cc(Br)nc(C(C)(C)C)n1)C1CC1. The molecule has 0 aromatic carbocycles. The van der Waals surface area contributed by atoms with E-state index in [1.807, 2.05) is 6.07 Å². The predicted octanol–water partition coefficient (Wildman–Crippen LogP) is 3.53. The summed E-state index contributed by atoms with van der Waals surface area (Å²) in [4.78, 5) is 11.6. The van der Waals surface area contributed by atoms with Gasteiger partial charge in [-0.3, -0.25) is 0 Å². The van der Waals surface area contributed by atoms with Crippen molar-refractivity contribution in [3.63, 3.8) is 0 Å². The summed E-state index contributed by atoms with van der Waals surface area (Å²) in [5, 5.41) is 0. The van der Waals surface area contributed by atoms with E-state index in [1.165, 1.54) is 12.8 Å². The van der Waals surface area contributed by atoms with Gasteiger partial charge in [-0.25, -0.2) is 9.97 Å². The van der Waals surface area contributed by atoms with Crippen LogP contribution in [0.2, 0.25) is 0 Å². The summed E-state index contributed by atoms with van der Waals surface area (Å²) in [5.41, 5.74) is -0.0124. The molecule has 0 aliphatic heterocycles. The van der Waals surface area contributed by atoms with Crippen molar-refractivity contribution in [3.05, 3.63) is 16.5 Å². The van der Waals surface area contributed by atoms with Crippen molar-refractivity contribution >= 4 is 21.7 Å². The van der Waals surface area contributed by atoms with Crippen molar-refractivity contribution in [1.82, 2.24) is 9.97 Å². The highest BCUT2D eigenvalue weighted by atomic mass is 79.9. The third-order valence-electron chi connectivity index (χ3n) is 2.97. The van der Waals surface area contributed by atoms with Crippen LogP contribution in [0.1, 0.15) is 46.4 Å². The Bertz CT molecular complexity index is 408. The molecule has 0 spiro atoms. The molecule has 0 amide bonds. The molecule has 1 saturated carbocycles. The van der Waals surface area contributed by atoms with E-state index in [9.17, 15) is 0 Å². The topological polar surface area (TPSA) is 29.0 Å². The summed E-state index contributed by atoms with van der Waals surface area (Å²) >= 11 is 3.49. The Hall–Kier alpha value is -0.640. The lowest BCUT2D eigenvalue weighted by Crippen LogP contribution is -2.28. The number of anilines is 1. The Morgan fingerprint density at radius 3 is 2.47 bits per heavy atom. The molecular formula is C13H20BrN3. The fourth-order valence-corrected chi connectivity index (χ4v) is 2.25. The summed E-state index contributed by atoms with van der Waals surface area (Å²) in [5.74, 6) is 1.96. The minimum atomic E-state index is -0.0124. The van der Waals surface area contributed by atoms with Crippen LogP contribution in [0.25, 0.3) is 0 Å². The molecule has 1 aromatic rings. The van der Waals surface area contributed by atoms with Gasteiger partial charge < -0.3 is 4.90 Å². The Balaban J connectivity index is 2.36. The van der Waals surface area contributed by atoms with Crippen LogP contribution in [0, 0.1) is 0 Å². The van der Waals surface area contributed by atoms with Gasteiger partial charge in [0.25, 0.3) is 0 Å². The highest BCUT2D eigenvalue weighted by molar-refractivity contribution is 9.10. The molecule has 94 valence electrons. The van der Waals surface area contributed by atoms with Gasteiger partial charge in [0, 0.05) is 24.1 Å². The molecular weight excluding hydrogens is 278 g/mol. The smallest absolute Gasteiger partial charge is 0.137 e. The number of nitrogens with zero attached hydrogens (tertiary/aromatic N) is 3. The monoisotopic (exact) mass is 297 g/mol. The van der Waals surface area contributed by atoms with Crippen molar-refractivity contribution in [1.29, 1.82) is 0 Å². The first-order valence-electron chi connectivity index (χ1n) is 6.23. The molecule has 1 aromatic heterocycles. The number of hydrogen-bond acceptors (Lipinski definition) is 3. The summed E-state index contributed by atoms with van der Waals surface area (Å²) < 4.78 is 0.881. The second-order valence-electron chi connectivity index (χ2n) is 5.64. The quantitative estimate of drug-likeness (QED) is 0.799. The van der Waals surface area contributed by atoms with Crippen LogP contribution < -0.4 is 4.90 Å². The van der Waals surface area contributed by atoms with E-state index in [0.717, 1.165) is 22.8 Å². The zero-order valence-corrected chi connectivity index (χ0v) is 12.6. The molecule has 0 N–H and O–H groups in total. The minimum absolute atomic E-state index is 0.0124. The third kappa shape index (κ3) is 2.97. The molecule has 17 heavy (non-hydrogen) atoms. The van der Waals surface area contributed by atoms with Crippen molar-refractivity contribution in [2.75, 3.05) is 11.4 Å².